The summed E-state index contributed by atoms with van der Waals surface area (Å²) >= 11 is 0. The van der Waals surface area contributed by atoms with Crippen LogP contribution in [0.1, 0.15) is 39.0 Å². The van der Waals surface area contributed by atoms with Crippen LogP contribution in [-0.2, 0) is 9.84 Å². The minimum absolute atomic E-state index is 0.236. The fraction of sp³-hybridized carbons (Fsp3) is 0.818. The molecule has 1 N–H and O–H groups in total. The van der Waals surface area contributed by atoms with Crippen molar-refractivity contribution >= 4 is 9.84 Å². The van der Waals surface area contributed by atoms with E-state index >= 15 is 0 Å². The van der Waals surface area contributed by atoms with Gasteiger partial charge in [-0.1, -0.05) is 18.6 Å². The molecule has 1 unspecified atom stereocenters. The van der Waals surface area contributed by atoms with E-state index in [9.17, 15) is 13.5 Å². The summed E-state index contributed by atoms with van der Waals surface area (Å²) in [5, 5.41) is 9.39. The van der Waals surface area contributed by atoms with Gasteiger partial charge >= 0.3 is 0 Å². The highest BCUT2D eigenvalue weighted by Gasteiger charge is 2.14. The summed E-state index contributed by atoms with van der Waals surface area (Å²) in [6.07, 6.45) is 5.47. The molecule has 0 radical (unpaired) electrons. The average Bonchev–Trinajstić information content (AvgIpc) is 2.15. The van der Waals surface area contributed by atoms with Crippen molar-refractivity contribution in [1.82, 2.24) is 0 Å². The Morgan fingerprint density at radius 3 is 2.80 bits per heavy atom. The molecule has 0 amide bonds. The Morgan fingerprint density at radius 1 is 1.47 bits per heavy atom. The molecule has 0 aromatic heterocycles. The van der Waals surface area contributed by atoms with E-state index in [2.05, 4.69) is 0 Å². The van der Waals surface area contributed by atoms with Gasteiger partial charge in [0.05, 0.1) is 11.9 Å². The largest absolute Gasteiger partial charge is 0.389 e. The summed E-state index contributed by atoms with van der Waals surface area (Å²) < 4.78 is 22.9. The molecular weight excluding hydrogens is 212 g/mol. The SMILES string of the molecule is CCCS(=O)(=O)CCC1=CC(O)CCC1. The molecule has 0 heterocycles. The van der Waals surface area contributed by atoms with Gasteiger partial charge in [-0.05, 0) is 32.1 Å². The Labute approximate surface area is 92.1 Å². The van der Waals surface area contributed by atoms with Gasteiger partial charge in [-0.15, -0.1) is 0 Å². The lowest BCUT2D eigenvalue weighted by atomic mass is 9.96. The predicted molar refractivity (Wildman–Crippen MR) is 61.5 cm³/mol. The van der Waals surface area contributed by atoms with Gasteiger partial charge in [-0.2, -0.15) is 0 Å². The Kier molecular flexibility index (Phi) is 4.80. The maximum atomic E-state index is 11.5. The number of aliphatic hydroxyl groups is 1. The van der Waals surface area contributed by atoms with Gasteiger partial charge in [-0.25, -0.2) is 8.42 Å². The van der Waals surface area contributed by atoms with Crippen molar-refractivity contribution in [2.45, 2.75) is 45.1 Å². The first-order valence-corrected chi connectivity index (χ1v) is 7.43. The van der Waals surface area contributed by atoms with Crippen molar-refractivity contribution in [3.8, 4) is 0 Å². The second-order valence-corrected chi connectivity index (χ2v) is 6.49. The smallest absolute Gasteiger partial charge is 0.150 e. The minimum atomic E-state index is -2.87. The van der Waals surface area contributed by atoms with Crippen LogP contribution in [0, 0.1) is 0 Å². The van der Waals surface area contributed by atoms with Crippen LogP contribution in [0.5, 0.6) is 0 Å². The standard InChI is InChI=1S/C11H20O3S/c1-2-7-15(13,14)8-6-10-4-3-5-11(12)9-10/h9,11-12H,2-8H2,1H3. The summed E-state index contributed by atoms with van der Waals surface area (Å²) in [5.74, 6) is 0.516. The molecule has 0 bridgehead atoms. The van der Waals surface area contributed by atoms with Crippen LogP contribution in [0.15, 0.2) is 11.6 Å². The number of rotatable bonds is 5. The van der Waals surface area contributed by atoms with Crippen molar-refractivity contribution in [3.05, 3.63) is 11.6 Å². The molecule has 3 nitrogen and oxygen atoms in total. The van der Waals surface area contributed by atoms with Crippen LogP contribution in [0.4, 0.5) is 0 Å². The molecule has 1 aliphatic rings. The first kappa shape index (κ1) is 12.7. The fourth-order valence-electron chi connectivity index (χ4n) is 1.89. The monoisotopic (exact) mass is 232 g/mol. The third-order valence-corrected chi connectivity index (χ3v) is 4.53. The summed E-state index contributed by atoms with van der Waals surface area (Å²) in [6.45, 7) is 1.88. The van der Waals surface area contributed by atoms with Crippen LogP contribution in [0.25, 0.3) is 0 Å². The van der Waals surface area contributed by atoms with Crippen LogP contribution in [0.3, 0.4) is 0 Å². The van der Waals surface area contributed by atoms with E-state index in [0.29, 0.717) is 12.8 Å². The molecule has 15 heavy (non-hydrogen) atoms. The van der Waals surface area contributed by atoms with E-state index in [1.807, 2.05) is 13.0 Å². The molecule has 88 valence electrons. The zero-order valence-electron chi connectivity index (χ0n) is 9.28. The van der Waals surface area contributed by atoms with Crippen molar-refractivity contribution < 1.29 is 13.5 Å². The molecule has 0 saturated heterocycles. The Balaban J connectivity index is 2.43. The third kappa shape index (κ3) is 4.80. The van der Waals surface area contributed by atoms with E-state index in [0.717, 1.165) is 24.8 Å². The summed E-state index contributed by atoms with van der Waals surface area (Å²) in [7, 11) is -2.87. The summed E-state index contributed by atoms with van der Waals surface area (Å²) in [5.41, 5.74) is 1.11. The van der Waals surface area contributed by atoms with E-state index in [1.54, 1.807) is 0 Å². The fourth-order valence-corrected chi connectivity index (χ4v) is 3.28. The zero-order valence-corrected chi connectivity index (χ0v) is 10.1. The van der Waals surface area contributed by atoms with Crippen molar-refractivity contribution in [1.29, 1.82) is 0 Å². The summed E-state index contributed by atoms with van der Waals surface area (Å²) in [4.78, 5) is 0. The van der Waals surface area contributed by atoms with Crippen molar-refractivity contribution in [2.75, 3.05) is 11.5 Å². The highest BCUT2D eigenvalue weighted by Crippen LogP contribution is 2.21. The number of aliphatic hydroxyl groups excluding tert-OH is 1. The van der Waals surface area contributed by atoms with Gasteiger partial charge in [0.1, 0.15) is 0 Å². The lowest BCUT2D eigenvalue weighted by molar-refractivity contribution is 0.201. The van der Waals surface area contributed by atoms with E-state index in [4.69, 9.17) is 0 Å². The minimum Gasteiger partial charge on any atom is -0.389 e. The predicted octanol–water partition coefficient (Wildman–Crippen LogP) is 1.67. The highest BCUT2D eigenvalue weighted by atomic mass is 32.2. The first-order chi connectivity index (χ1) is 7.03. The highest BCUT2D eigenvalue weighted by molar-refractivity contribution is 7.91. The zero-order chi connectivity index (χ0) is 11.3. The van der Waals surface area contributed by atoms with Crippen molar-refractivity contribution in [2.24, 2.45) is 0 Å². The second kappa shape index (κ2) is 5.66. The maximum absolute atomic E-state index is 11.5. The van der Waals surface area contributed by atoms with Crippen LogP contribution in [-0.4, -0.2) is 31.1 Å². The normalized spacial score (nSPS) is 22.5. The Hall–Kier alpha value is -0.350. The lowest BCUT2D eigenvalue weighted by Gasteiger charge is -2.16. The third-order valence-electron chi connectivity index (χ3n) is 2.68. The molecule has 0 fully saturated rings. The molecule has 0 spiro atoms. The Morgan fingerprint density at radius 2 is 2.20 bits per heavy atom. The molecule has 0 aromatic carbocycles. The quantitative estimate of drug-likeness (QED) is 0.734. The molecule has 1 rings (SSSR count). The maximum Gasteiger partial charge on any atom is 0.150 e. The molecule has 0 saturated carbocycles. The number of hydrogen-bond donors (Lipinski definition) is 1. The second-order valence-electron chi connectivity index (χ2n) is 4.19. The molecular formula is C11H20O3S. The Bertz CT molecular complexity index is 317. The molecule has 1 aliphatic carbocycles. The van der Waals surface area contributed by atoms with Gasteiger partial charge in [0.2, 0.25) is 0 Å². The number of sulfone groups is 1. The van der Waals surface area contributed by atoms with Gasteiger partial charge in [-0.3, -0.25) is 0 Å². The molecule has 0 aromatic rings. The topological polar surface area (TPSA) is 54.4 Å². The van der Waals surface area contributed by atoms with Gasteiger partial charge in [0.15, 0.2) is 9.84 Å². The van der Waals surface area contributed by atoms with Gasteiger partial charge in [0, 0.05) is 5.75 Å². The van der Waals surface area contributed by atoms with Gasteiger partial charge in [0.25, 0.3) is 0 Å². The number of allylic oxidation sites excluding steroid dienone is 1. The van der Waals surface area contributed by atoms with Crippen LogP contribution in [0.2, 0.25) is 0 Å². The van der Waals surface area contributed by atoms with E-state index in [-0.39, 0.29) is 17.6 Å². The first-order valence-electron chi connectivity index (χ1n) is 5.61. The lowest BCUT2D eigenvalue weighted by Crippen LogP contribution is -2.14. The molecule has 0 aliphatic heterocycles. The number of hydrogen-bond acceptors (Lipinski definition) is 3. The van der Waals surface area contributed by atoms with Crippen molar-refractivity contribution in [3.63, 3.8) is 0 Å². The van der Waals surface area contributed by atoms with Crippen LogP contribution >= 0.6 is 0 Å². The van der Waals surface area contributed by atoms with E-state index in [1.165, 1.54) is 0 Å². The molecule has 1 atom stereocenters. The van der Waals surface area contributed by atoms with Crippen LogP contribution < -0.4 is 0 Å². The average molecular weight is 232 g/mol. The van der Waals surface area contributed by atoms with Gasteiger partial charge < -0.3 is 5.11 Å². The van der Waals surface area contributed by atoms with E-state index < -0.39 is 9.84 Å². The summed E-state index contributed by atoms with van der Waals surface area (Å²) in [6, 6.07) is 0. The molecule has 4 heteroatoms.